The van der Waals surface area contributed by atoms with Crippen LogP contribution in [0, 0.1) is 0 Å². The molecule has 1 atom stereocenters. The summed E-state index contributed by atoms with van der Waals surface area (Å²) in [7, 11) is 1.36. The zero-order chi connectivity index (χ0) is 20.8. The molecule has 1 aromatic carbocycles. The number of piperidine rings is 1. The van der Waals surface area contributed by atoms with E-state index < -0.39 is 5.97 Å². The molecule has 0 spiro atoms. The van der Waals surface area contributed by atoms with Gasteiger partial charge in [0.15, 0.2) is 0 Å². The summed E-state index contributed by atoms with van der Waals surface area (Å²) < 4.78 is 17.0. The van der Waals surface area contributed by atoms with Gasteiger partial charge in [-0.05, 0) is 49.0 Å². The van der Waals surface area contributed by atoms with Crippen LogP contribution in [0.5, 0.6) is 0 Å². The number of rotatable bonds is 7. The molecule has 1 unspecified atom stereocenters. The average molecular weight is 408 g/mol. The summed E-state index contributed by atoms with van der Waals surface area (Å²) in [6, 6.07) is 14.1. The number of hydrogen-bond acceptors (Lipinski definition) is 5. The molecule has 5 nitrogen and oxygen atoms in total. The molecule has 1 saturated heterocycles. The van der Waals surface area contributed by atoms with Gasteiger partial charge in [-0.15, -0.1) is 0 Å². The van der Waals surface area contributed by atoms with E-state index in [0.717, 1.165) is 44.5 Å². The van der Waals surface area contributed by atoms with Crippen molar-refractivity contribution in [3.63, 3.8) is 0 Å². The first-order valence-corrected chi connectivity index (χ1v) is 10.7. The molecule has 2 aromatic rings. The Kier molecular flexibility index (Phi) is 6.82. The SMILES string of the molecule is COC(=O)c1ccc(CN2CCC(OC(C3=CC=CCC3)c3ccccc3)CC2)o1. The second-order valence-corrected chi connectivity index (χ2v) is 7.87. The first-order chi connectivity index (χ1) is 14.7. The Hall–Kier alpha value is -2.63. The summed E-state index contributed by atoms with van der Waals surface area (Å²) >= 11 is 0. The molecule has 1 aliphatic carbocycles. The van der Waals surface area contributed by atoms with Crippen LogP contribution in [0.2, 0.25) is 0 Å². The number of allylic oxidation sites excluding steroid dienone is 3. The van der Waals surface area contributed by atoms with Gasteiger partial charge in [0.05, 0.1) is 19.8 Å². The predicted molar refractivity (Wildman–Crippen MR) is 115 cm³/mol. The monoisotopic (exact) mass is 407 g/mol. The summed E-state index contributed by atoms with van der Waals surface area (Å²) in [5, 5.41) is 0. The number of hydrogen-bond donors (Lipinski definition) is 0. The Morgan fingerprint density at radius 3 is 2.67 bits per heavy atom. The Morgan fingerprint density at radius 2 is 1.97 bits per heavy atom. The van der Waals surface area contributed by atoms with Gasteiger partial charge < -0.3 is 13.9 Å². The number of likely N-dealkylation sites (tertiary alicyclic amines) is 1. The van der Waals surface area contributed by atoms with Crippen molar-refractivity contribution in [3.8, 4) is 0 Å². The molecular weight excluding hydrogens is 378 g/mol. The second-order valence-electron chi connectivity index (χ2n) is 7.87. The number of nitrogens with zero attached hydrogens (tertiary/aromatic N) is 1. The van der Waals surface area contributed by atoms with Crippen molar-refractivity contribution < 1.29 is 18.7 Å². The number of methoxy groups -OCH3 is 1. The van der Waals surface area contributed by atoms with Crippen LogP contribution in [-0.4, -0.2) is 37.2 Å². The van der Waals surface area contributed by atoms with Gasteiger partial charge in [0.2, 0.25) is 5.76 Å². The molecule has 158 valence electrons. The lowest BCUT2D eigenvalue weighted by atomic mass is 9.94. The maximum absolute atomic E-state index is 11.6. The normalized spacial score (nSPS) is 18.8. The largest absolute Gasteiger partial charge is 0.463 e. The maximum Gasteiger partial charge on any atom is 0.373 e. The number of furan rings is 1. The Bertz CT molecular complexity index is 891. The molecule has 2 heterocycles. The molecule has 1 fully saturated rings. The molecule has 4 rings (SSSR count). The third kappa shape index (κ3) is 5.10. The summed E-state index contributed by atoms with van der Waals surface area (Å²) in [6.45, 7) is 2.58. The van der Waals surface area contributed by atoms with Gasteiger partial charge in [-0.2, -0.15) is 0 Å². The summed E-state index contributed by atoms with van der Waals surface area (Å²) in [5.41, 5.74) is 2.59. The topological polar surface area (TPSA) is 51.9 Å². The molecule has 1 aliphatic heterocycles. The lowest BCUT2D eigenvalue weighted by Crippen LogP contribution is -2.37. The van der Waals surface area contributed by atoms with E-state index in [1.165, 1.54) is 18.2 Å². The molecule has 0 bridgehead atoms. The molecule has 0 amide bonds. The fourth-order valence-corrected chi connectivity index (χ4v) is 4.14. The van der Waals surface area contributed by atoms with E-state index >= 15 is 0 Å². The molecular formula is C25H29NO4. The standard InChI is InChI=1S/C25H29NO4/c1-28-25(27)23-13-12-22(29-23)18-26-16-14-21(15-17-26)30-24(19-8-4-2-5-9-19)20-10-6-3-7-11-20/h2-6,8-10,12-13,21,24H,7,11,14-18H2,1H3. The lowest BCUT2D eigenvalue weighted by molar-refractivity contribution is -0.0317. The second kappa shape index (κ2) is 9.92. The minimum absolute atomic E-state index is 0.0281. The highest BCUT2D eigenvalue weighted by Crippen LogP contribution is 2.34. The number of benzene rings is 1. The summed E-state index contributed by atoms with van der Waals surface area (Å²) in [4.78, 5) is 13.9. The van der Waals surface area contributed by atoms with Crippen molar-refractivity contribution in [1.29, 1.82) is 0 Å². The highest BCUT2D eigenvalue weighted by atomic mass is 16.5. The van der Waals surface area contributed by atoms with Gasteiger partial charge in [0.25, 0.3) is 0 Å². The molecule has 5 heteroatoms. The van der Waals surface area contributed by atoms with Crippen LogP contribution in [0.25, 0.3) is 0 Å². The smallest absolute Gasteiger partial charge is 0.373 e. The molecule has 0 N–H and O–H groups in total. The van der Waals surface area contributed by atoms with Crippen molar-refractivity contribution in [3.05, 3.63) is 83.3 Å². The van der Waals surface area contributed by atoms with E-state index in [2.05, 4.69) is 53.5 Å². The average Bonchev–Trinajstić information content (AvgIpc) is 3.27. The lowest BCUT2D eigenvalue weighted by Gasteiger charge is -2.34. The van der Waals surface area contributed by atoms with Crippen LogP contribution < -0.4 is 0 Å². The van der Waals surface area contributed by atoms with E-state index in [1.807, 2.05) is 6.07 Å². The third-order valence-electron chi connectivity index (χ3n) is 5.78. The number of carbonyl (C=O) groups excluding carboxylic acids is 1. The van der Waals surface area contributed by atoms with Gasteiger partial charge in [-0.3, -0.25) is 4.90 Å². The Labute approximate surface area is 178 Å². The van der Waals surface area contributed by atoms with Gasteiger partial charge >= 0.3 is 5.97 Å². The highest BCUT2D eigenvalue weighted by molar-refractivity contribution is 5.86. The van der Waals surface area contributed by atoms with Crippen LogP contribution in [0.15, 0.2) is 70.7 Å². The van der Waals surface area contributed by atoms with E-state index in [1.54, 1.807) is 6.07 Å². The van der Waals surface area contributed by atoms with Gasteiger partial charge in [0, 0.05) is 13.1 Å². The van der Waals surface area contributed by atoms with Crippen LogP contribution in [0.3, 0.4) is 0 Å². The molecule has 30 heavy (non-hydrogen) atoms. The molecule has 2 aliphatic rings. The fourth-order valence-electron chi connectivity index (χ4n) is 4.14. The Morgan fingerprint density at radius 1 is 1.17 bits per heavy atom. The van der Waals surface area contributed by atoms with Crippen LogP contribution >= 0.6 is 0 Å². The van der Waals surface area contributed by atoms with E-state index in [4.69, 9.17) is 13.9 Å². The van der Waals surface area contributed by atoms with E-state index in [0.29, 0.717) is 6.54 Å². The summed E-state index contributed by atoms with van der Waals surface area (Å²) in [5.74, 6) is 0.606. The number of carbonyl (C=O) groups is 1. The number of ether oxygens (including phenoxy) is 2. The predicted octanol–water partition coefficient (Wildman–Crippen LogP) is 5.06. The zero-order valence-electron chi connectivity index (χ0n) is 17.5. The first kappa shape index (κ1) is 20.6. The molecule has 0 saturated carbocycles. The van der Waals surface area contributed by atoms with Gasteiger partial charge in [0.1, 0.15) is 11.9 Å². The van der Waals surface area contributed by atoms with Crippen LogP contribution in [0.1, 0.15) is 53.7 Å². The van der Waals surface area contributed by atoms with Gasteiger partial charge in [-0.25, -0.2) is 4.79 Å². The zero-order valence-corrected chi connectivity index (χ0v) is 17.5. The van der Waals surface area contributed by atoms with Gasteiger partial charge in [-0.1, -0.05) is 48.6 Å². The van der Waals surface area contributed by atoms with Crippen molar-refractivity contribution in [2.45, 2.75) is 44.4 Å². The molecule has 1 aromatic heterocycles. The number of esters is 1. The molecule has 0 radical (unpaired) electrons. The quantitative estimate of drug-likeness (QED) is 0.600. The van der Waals surface area contributed by atoms with Crippen molar-refractivity contribution in [2.24, 2.45) is 0 Å². The van der Waals surface area contributed by atoms with Crippen LogP contribution in [-0.2, 0) is 16.0 Å². The highest BCUT2D eigenvalue weighted by Gasteiger charge is 2.26. The first-order valence-electron chi connectivity index (χ1n) is 10.7. The van der Waals surface area contributed by atoms with Crippen molar-refractivity contribution in [1.82, 2.24) is 4.90 Å². The van der Waals surface area contributed by atoms with Crippen molar-refractivity contribution in [2.75, 3.05) is 20.2 Å². The maximum atomic E-state index is 11.6. The Balaban J connectivity index is 1.34. The van der Waals surface area contributed by atoms with E-state index in [-0.39, 0.29) is 18.0 Å². The van der Waals surface area contributed by atoms with E-state index in [9.17, 15) is 4.79 Å². The van der Waals surface area contributed by atoms with Crippen LogP contribution in [0.4, 0.5) is 0 Å². The summed E-state index contributed by atoms with van der Waals surface area (Å²) in [6.07, 6.45) is 10.9. The minimum Gasteiger partial charge on any atom is -0.463 e. The third-order valence-corrected chi connectivity index (χ3v) is 5.78. The minimum atomic E-state index is -0.438. The van der Waals surface area contributed by atoms with Crippen molar-refractivity contribution >= 4 is 5.97 Å². The fraction of sp³-hybridized carbons (Fsp3) is 0.400.